The summed E-state index contributed by atoms with van der Waals surface area (Å²) < 4.78 is 0. The molecule has 0 aliphatic rings. The molecule has 0 aromatic carbocycles. The highest BCUT2D eigenvalue weighted by Crippen LogP contribution is 2.07. The molecule has 0 radical (unpaired) electrons. The van der Waals surface area contributed by atoms with Gasteiger partial charge in [0.15, 0.2) is 0 Å². The molecule has 0 spiro atoms. The molecule has 3 heteroatoms. The first-order valence-electron chi connectivity index (χ1n) is 5.10. The topological polar surface area (TPSA) is 23.5 Å². The van der Waals surface area contributed by atoms with Gasteiger partial charge in [0.1, 0.15) is 0 Å². The predicted octanol–water partition coefficient (Wildman–Crippen LogP) is 1.83. The summed E-state index contributed by atoms with van der Waals surface area (Å²) in [5, 5.41) is 8.56. The van der Waals surface area contributed by atoms with Gasteiger partial charge in [-0.25, -0.2) is 0 Å². The SMILES string of the molecule is CN(C)CCSCCCCCCO. The summed E-state index contributed by atoms with van der Waals surface area (Å²) in [5.41, 5.74) is 0. The highest BCUT2D eigenvalue weighted by atomic mass is 32.2. The average Bonchev–Trinajstić information content (AvgIpc) is 2.09. The Morgan fingerprint density at radius 2 is 1.69 bits per heavy atom. The zero-order valence-electron chi connectivity index (χ0n) is 8.96. The Morgan fingerprint density at radius 1 is 1.00 bits per heavy atom. The lowest BCUT2D eigenvalue weighted by atomic mass is 10.2. The fourth-order valence-electron chi connectivity index (χ4n) is 1.02. The van der Waals surface area contributed by atoms with E-state index in [0.29, 0.717) is 6.61 Å². The van der Waals surface area contributed by atoms with E-state index < -0.39 is 0 Å². The lowest BCUT2D eigenvalue weighted by Gasteiger charge is -2.08. The first kappa shape index (κ1) is 13.3. The van der Waals surface area contributed by atoms with Gasteiger partial charge in [0.25, 0.3) is 0 Å². The minimum Gasteiger partial charge on any atom is -0.396 e. The van der Waals surface area contributed by atoms with Crippen LogP contribution in [-0.2, 0) is 0 Å². The van der Waals surface area contributed by atoms with Crippen LogP contribution in [0.1, 0.15) is 25.7 Å². The van der Waals surface area contributed by atoms with Gasteiger partial charge in [-0.2, -0.15) is 11.8 Å². The van der Waals surface area contributed by atoms with Crippen LogP contribution >= 0.6 is 11.8 Å². The van der Waals surface area contributed by atoms with Crippen LogP contribution in [0.5, 0.6) is 0 Å². The van der Waals surface area contributed by atoms with Crippen LogP contribution in [0.4, 0.5) is 0 Å². The molecule has 0 fully saturated rings. The Kier molecular flexibility index (Phi) is 10.6. The fourth-order valence-corrected chi connectivity index (χ4v) is 2.13. The van der Waals surface area contributed by atoms with E-state index in [1.54, 1.807) is 0 Å². The zero-order chi connectivity index (χ0) is 9.94. The van der Waals surface area contributed by atoms with Crippen molar-refractivity contribution in [3.8, 4) is 0 Å². The smallest absolute Gasteiger partial charge is 0.0431 e. The Bertz CT molecular complexity index is 98.9. The molecule has 0 aromatic rings. The van der Waals surface area contributed by atoms with Crippen molar-refractivity contribution in [3.63, 3.8) is 0 Å². The van der Waals surface area contributed by atoms with Gasteiger partial charge in [0, 0.05) is 18.9 Å². The summed E-state index contributed by atoms with van der Waals surface area (Å²) >= 11 is 2.04. The standard InChI is InChI=1S/C10H23NOS/c1-11(2)7-10-13-9-6-4-3-5-8-12/h12H,3-10H2,1-2H3. The first-order chi connectivity index (χ1) is 6.27. The van der Waals surface area contributed by atoms with Gasteiger partial charge in [-0.15, -0.1) is 0 Å². The van der Waals surface area contributed by atoms with Gasteiger partial charge in [-0.1, -0.05) is 12.8 Å². The number of thioether (sulfide) groups is 1. The quantitative estimate of drug-likeness (QED) is 0.581. The molecular weight excluding hydrogens is 182 g/mol. The summed E-state index contributed by atoms with van der Waals surface area (Å²) in [5.74, 6) is 2.52. The summed E-state index contributed by atoms with van der Waals surface area (Å²) in [6, 6.07) is 0. The summed E-state index contributed by atoms with van der Waals surface area (Å²) in [7, 11) is 4.23. The van der Waals surface area contributed by atoms with Crippen molar-refractivity contribution in [1.29, 1.82) is 0 Å². The number of aliphatic hydroxyl groups is 1. The van der Waals surface area contributed by atoms with Crippen molar-refractivity contribution in [2.24, 2.45) is 0 Å². The Hall–Kier alpha value is 0.270. The van der Waals surface area contributed by atoms with Gasteiger partial charge in [-0.3, -0.25) is 0 Å². The second kappa shape index (κ2) is 10.4. The molecule has 0 atom stereocenters. The van der Waals surface area contributed by atoms with Crippen molar-refractivity contribution < 1.29 is 5.11 Å². The van der Waals surface area contributed by atoms with E-state index in [9.17, 15) is 0 Å². The predicted molar refractivity (Wildman–Crippen MR) is 61.4 cm³/mol. The number of unbranched alkanes of at least 4 members (excludes halogenated alkanes) is 3. The average molecular weight is 205 g/mol. The third kappa shape index (κ3) is 12.3. The van der Waals surface area contributed by atoms with Gasteiger partial charge in [0.2, 0.25) is 0 Å². The summed E-state index contributed by atoms with van der Waals surface area (Å²) in [6.07, 6.45) is 4.74. The van der Waals surface area contributed by atoms with Crippen LogP contribution in [0.15, 0.2) is 0 Å². The van der Waals surface area contributed by atoms with Gasteiger partial charge < -0.3 is 10.0 Å². The number of hydrogen-bond acceptors (Lipinski definition) is 3. The zero-order valence-corrected chi connectivity index (χ0v) is 9.78. The molecule has 0 bridgehead atoms. The molecule has 0 saturated carbocycles. The summed E-state index contributed by atoms with van der Waals surface area (Å²) in [6.45, 7) is 1.54. The van der Waals surface area contributed by atoms with Crippen molar-refractivity contribution in [1.82, 2.24) is 4.90 Å². The molecule has 0 aliphatic carbocycles. The lowest BCUT2D eigenvalue weighted by molar-refractivity contribution is 0.283. The Labute approximate surface area is 86.7 Å². The van der Waals surface area contributed by atoms with Gasteiger partial charge in [0.05, 0.1) is 0 Å². The van der Waals surface area contributed by atoms with Crippen molar-refractivity contribution in [2.45, 2.75) is 25.7 Å². The monoisotopic (exact) mass is 205 g/mol. The minimum absolute atomic E-state index is 0.355. The molecule has 1 N–H and O–H groups in total. The molecule has 13 heavy (non-hydrogen) atoms. The number of aliphatic hydroxyl groups excluding tert-OH is 1. The van der Waals surface area contributed by atoms with Crippen LogP contribution in [0.25, 0.3) is 0 Å². The normalized spacial score (nSPS) is 11.1. The van der Waals surface area contributed by atoms with Crippen LogP contribution in [0.3, 0.4) is 0 Å². The van der Waals surface area contributed by atoms with Crippen molar-refractivity contribution in [2.75, 3.05) is 38.8 Å². The molecule has 0 saturated heterocycles. The maximum Gasteiger partial charge on any atom is 0.0431 e. The van der Waals surface area contributed by atoms with E-state index in [4.69, 9.17) is 5.11 Å². The van der Waals surface area contributed by atoms with Crippen LogP contribution < -0.4 is 0 Å². The molecule has 0 aliphatic heterocycles. The molecule has 0 amide bonds. The van der Waals surface area contributed by atoms with Gasteiger partial charge >= 0.3 is 0 Å². The molecule has 0 rings (SSSR count). The lowest BCUT2D eigenvalue weighted by Crippen LogP contribution is -2.14. The van der Waals surface area contributed by atoms with Crippen LogP contribution in [-0.4, -0.2) is 48.8 Å². The van der Waals surface area contributed by atoms with Crippen LogP contribution in [0, 0.1) is 0 Å². The third-order valence-electron chi connectivity index (χ3n) is 1.88. The van der Waals surface area contributed by atoms with E-state index in [2.05, 4.69) is 19.0 Å². The Morgan fingerprint density at radius 3 is 2.31 bits per heavy atom. The van der Waals surface area contributed by atoms with E-state index in [1.165, 1.54) is 37.3 Å². The number of nitrogens with zero attached hydrogens (tertiary/aromatic N) is 1. The molecule has 2 nitrogen and oxygen atoms in total. The van der Waals surface area contributed by atoms with Crippen molar-refractivity contribution in [3.05, 3.63) is 0 Å². The number of hydrogen-bond donors (Lipinski definition) is 1. The molecule has 0 heterocycles. The molecule has 0 unspecified atom stereocenters. The van der Waals surface area contributed by atoms with Crippen molar-refractivity contribution >= 4 is 11.8 Å². The second-order valence-electron chi connectivity index (χ2n) is 3.55. The van der Waals surface area contributed by atoms with Gasteiger partial charge in [-0.05, 0) is 32.7 Å². The maximum atomic E-state index is 8.56. The van der Waals surface area contributed by atoms with Crippen LogP contribution in [0.2, 0.25) is 0 Å². The largest absolute Gasteiger partial charge is 0.396 e. The van der Waals surface area contributed by atoms with E-state index in [0.717, 1.165) is 6.42 Å². The molecular formula is C10H23NOS. The number of rotatable bonds is 9. The fraction of sp³-hybridized carbons (Fsp3) is 1.00. The maximum absolute atomic E-state index is 8.56. The first-order valence-corrected chi connectivity index (χ1v) is 6.26. The van der Waals surface area contributed by atoms with E-state index >= 15 is 0 Å². The highest BCUT2D eigenvalue weighted by Gasteiger charge is 1.92. The minimum atomic E-state index is 0.355. The highest BCUT2D eigenvalue weighted by molar-refractivity contribution is 7.99. The van der Waals surface area contributed by atoms with E-state index in [-0.39, 0.29) is 0 Å². The second-order valence-corrected chi connectivity index (χ2v) is 4.78. The molecule has 80 valence electrons. The Balaban J connectivity index is 2.84. The summed E-state index contributed by atoms with van der Waals surface area (Å²) in [4.78, 5) is 2.22. The third-order valence-corrected chi connectivity index (χ3v) is 2.93. The van der Waals surface area contributed by atoms with E-state index in [1.807, 2.05) is 11.8 Å². The molecule has 0 aromatic heterocycles.